The molecule has 0 amide bonds. The van der Waals surface area contributed by atoms with Gasteiger partial charge < -0.3 is 0 Å². The number of hydrogen-bond donors (Lipinski definition) is 0. The van der Waals surface area contributed by atoms with Crippen LogP contribution >= 0.6 is 11.3 Å². The van der Waals surface area contributed by atoms with Crippen LogP contribution in [-0.2, 0) is 10.0 Å². The van der Waals surface area contributed by atoms with Gasteiger partial charge in [-0.15, -0.1) is 11.3 Å². The summed E-state index contributed by atoms with van der Waals surface area (Å²) in [5.74, 6) is 0.0290. The Morgan fingerprint density at radius 3 is 2.79 bits per heavy atom. The summed E-state index contributed by atoms with van der Waals surface area (Å²) in [6, 6.07) is 12.0. The zero-order chi connectivity index (χ0) is 19.9. The molecule has 0 aliphatic carbocycles. The van der Waals surface area contributed by atoms with E-state index in [0.717, 1.165) is 34.1 Å². The number of fused-ring (bicyclic) bond motifs is 1. The van der Waals surface area contributed by atoms with Crippen molar-refractivity contribution < 1.29 is 13.3 Å². The van der Waals surface area contributed by atoms with Crippen molar-refractivity contribution in [1.29, 1.82) is 0 Å². The van der Waals surface area contributed by atoms with Crippen LogP contribution in [0.25, 0.3) is 10.2 Å². The molecule has 1 saturated heterocycles. The molecule has 1 fully saturated rings. The molecule has 1 aromatic heterocycles. The summed E-state index contributed by atoms with van der Waals surface area (Å²) in [5.41, 5.74) is 1.19. The molecule has 2 heterocycles. The van der Waals surface area contributed by atoms with Crippen molar-refractivity contribution in [3.8, 4) is 0 Å². The number of benzene rings is 2. The van der Waals surface area contributed by atoms with Gasteiger partial charge in [-0.05, 0) is 38.0 Å². The van der Waals surface area contributed by atoms with Crippen LogP contribution in [0.4, 0.5) is 5.69 Å². The fourth-order valence-electron chi connectivity index (χ4n) is 3.52. The lowest BCUT2D eigenvalue weighted by molar-refractivity contribution is -0.385. The summed E-state index contributed by atoms with van der Waals surface area (Å²) in [6.45, 7) is 2.34. The van der Waals surface area contributed by atoms with Crippen molar-refractivity contribution in [2.24, 2.45) is 0 Å². The molecule has 1 unspecified atom stereocenters. The number of aromatic nitrogens is 1. The van der Waals surface area contributed by atoms with E-state index in [1.807, 2.05) is 24.3 Å². The molecule has 0 radical (unpaired) electrons. The number of rotatable bonds is 4. The summed E-state index contributed by atoms with van der Waals surface area (Å²) in [5, 5.41) is 12.1. The number of hydrogen-bond acceptors (Lipinski definition) is 6. The highest BCUT2D eigenvalue weighted by Gasteiger charge is 2.33. The van der Waals surface area contributed by atoms with Crippen LogP contribution in [0.1, 0.15) is 29.3 Å². The van der Waals surface area contributed by atoms with Crippen LogP contribution in [0.2, 0.25) is 0 Å². The predicted octanol–water partition coefficient (Wildman–Crippen LogP) is 4.08. The van der Waals surface area contributed by atoms with E-state index in [-0.39, 0.29) is 16.5 Å². The van der Waals surface area contributed by atoms with Gasteiger partial charge in [-0.1, -0.05) is 18.2 Å². The first kappa shape index (κ1) is 19.0. The number of piperidine rings is 1. The lowest BCUT2D eigenvalue weighted by Crippen LogP contribution is -2.39. The number of para-hydroxylation sites is 1. The molecule has 0 bridgehead atoms. The van der Waals surface area contributed by atoms with Gasteiger partial charge in [0.05, 0.1) is 25.0 Å². The van der Waals surface area contributed by atoms with Gasteiger partial charge in [-0.2, -0.15) is 4.31 Å². The molecule has 146 valence electrons. The molecule has 9 heteroatoms. The zero-order valence-corrected chi connectivity index (χ0v) is 16.9. The zero-order valence-electron chi connectivity index (χ0n) is 15.2. The van der Waals surface area contributed by atoms with E-state index in [1.54, 1.807) is 18.3 Å². The number of nitro groups is 1. The largest absolute Gasteiger partial charge is 0.273 e. The van der Waals surface area contributed by atoms with Gasteiger partial charge in [0.25, 0.3) is 5.69 Å². The van der Waals surface area contributed by atoms with Crippen LogP contribution in [0, 0.1) is 17.0 Å². The van der Waals surface area contributed by atoms with Gasteiger partial charge in [0, 0.05) is 30.6 Å². The Balaban J connectivity index is 1.63. The second-order valence-corrected chi connectivity index (χ2v) is 9.93. The maximum absolute atomic E-state index is 13.1. The quantitative estimate of drug-likeness (QED) is 0.471. The summed E-state index contributed by atoms with van der Waals surface area (Å²) in [7, 11) is -3.80. The summed E-state index contributed by atoms with van der Waals surface area (Å²) in [4.78, 5) is 15.3. The second-order valence-electron chi connectivity index (χ2n) is 6.93. The summed E-state index contributed by atoms with van der Waals surface area (Å²) >= 11 is 1.60. The van der Waals surface area contributed by atoms with E-state index >= 15 is 0 Å². The Morgan fingerprint density at radius 1 is 1.25 bits per heavy atom. The Labute approximate surface area is 166 Å². The van der Waals surface area contributed by atoms with E-state index in [2.05, 4.69) is 4.98 Å². The third-order valence-electron chi connectivity index (χ3n) is 5.06. The van der Waals surface area contributed by atoms with Crippen molar-refractivity contribution in [3.05, 3.63) is 63.1 Å². The molecular formula is C19H19N3O4S2. The van der Waals surface area contributed by atoms with E-state index in [1.165, 1.54) is 16.4 Å². The van der Waals surface area contributed by atoms with Crippen LogP contribution in [-0.4, -0.2) is 35.7 Å². The Kier molecular flexibility index (Phi) is 4.90. The minimum absolute atomic E-state index is 0.0290. The van der Waals surface area contributed by atoms with E-state index in [9.17, 15) is 18.5 Å². The van der Waals surface area contributed by atoms with Crippen LogP contribution < -0.4 is 0 Å². The smallest absolute Gasteiger partial charge is 0.258 e. The predicted molar refractivity (Wildman–Crippen MR) is 108 cm³/mol. The highest BCUT2D eigenvalue weighted by Crippen LogP contribution is 2.35. The summed E-state index contributed by atoms with van der Waals surface area (Å²) < 4.78 is 28.7. The number of nitro benzene ring substituents is 1. The lowest BCUT2D eigenvalue weighted by atomic mass is 10.0. The average molecular weight is 418 g/mol. The topological polar surface area (TPSA) is 93.4 Å². The number of thiazole rings is 1. The number of sulfonamides is 1. The molecule has 0 spiro atoms. The van der Waals surface area contributed by atoms with Gasteiger partial charge in [0.1, 0.15) is 0 Å². The first-order valence-corrected chi connectivity index (χ1v) is 11.2. The Bertz CT molecular complexity index is 1120. The average Bonchev–Trinajstić information content (AvgIpc) is 3.12. The van der Waals surface area contributed by atoms with Crippen molar-refractivity contribution in [2.45, 2.75) is 30.6 Å². The minimum atomic E-state index is -3.80. The van der Waals surface area contributed by atoms with Crippen molar-refractivity contribution >= 4 is 37.3 Å². The van der Waals surface area contributed by atoms with Crippen LogP contribution in [0.3, 0.4) is 0 Å². The second kappa shape index (κ2) is 7.23. The van der Waals surface area contributed by atoms with Crippen molar-refractivity contribution in [3.63, 3.8) is 0 Å². The van der Waals surface area contributed by atoms with Gasteiger partial charge in [-0.3, -0.25) is 10.1 Å². The first-order chi connectivity index (χ1) is 13.4. The third kappa shape index (κ3) is 3.41. The van der Waals surface area contributed by atoms with E-state index < -0.39 is 14.9 Å². The lowest BCUT2D eigenvalue weighted by Gasteiger charge is -2.31. The fraction of sp³-hybridized carbons (Fsp3) is 0.316. The monoisotopic (exact) mass is 417 g/mol. The molecule has 2 aromatic carbocycles. The number of aryl methyl sites for hydroxylation is 1. The molecule has 4 rings (SSSR count). The fourth-order valence-corrected chi connectivity index (χ4v) is 6.16. The maximum Gasteiger partial charge on any atom is 0.273 e. The van der Waals surface area contributed by atoms with Gasteiger partial charge in [-0.25, -0.2) is 13.4 Å². The molecule has 7 nitrogen and oxygen atoms in total. The third-order valence-corrected chi connectivity index (χ3v) is 8.12. The maximum atomic E-state index is 13.1. The number of nitrogens with zero attached hydrogens (tertiary/aromatic N) is 3. The molecule has 3 aromatic rings. The minimum Gasteiger partial charge on any atom is -0.258 e. The molecule has 28 heavy (non-hydrogen) atoms. The highest BCUT2D eigenvalue weighted by molar-refractivity contribution is 7.89. The Hall–Kier alpha value is -2.36. The molecule has 1 aliphatic rings. The van der Waals surface area contributed by atoms with Gasteiger partial charge in [0.15, 0.2) is 0 Å². The highest BCUT2D eigenvalue weighted by atomic mass is 32.2. The molecule has 1 atom stereocenters. The SMILES string of the molecule is Cc1ccc(S(=O)(=O)N2CCCC(c3nc4ccccc4s3)C2)cc1[N+](=O)[O-]. The van der Waals surface area contributed by atoms with E-state index in [4.69, 9.17) is 0 Å². The van der Waals surface area contributed by atoms with Crippen LogP contribution in [0.5, 0.6) is 0 Å². The van der Waals surface area contributed by atoms with Gasteiger partial charge >= 0.3 is 0 Å². The van der Waals surface area contributed by atoms with Crippen LogP contribution in [0.15, 0.2) is 47.4 Å². The van der Waals surface area contributed by atoms with Crippen molar-refractivity contribution in [2.75, 3.05) is 13.1 Å². The van der Waals surface area contributed by atoms with Crippen molar-refractivity contribution in [1.82, 2.24) is 9.29 Å². The van der Waals surface area contributed by atoms with Gasteiger partial charge in [0.2, 0.25) is 10.0 Å². The molecule has 0 N–H and O–H groups in total. The first-order valence-electron chi connectivity index (χ1n) is 8.97. The Morgan fingerprint density at radius 2 is 2.04 bits per heavy atom. The van der Waals surface area contributed by atoms with E-state index in [0.29, 0.717) is 18.7 Å². The summed E-state index contributed by atoms with van der Waals surface area (Å²) in [6.07, 6.45) is 1.60. The molecule has 0 saturated carbocycles. The standard InChI is InChI=1S/C19H19N3O4S2/c1-13-8-9-15(11-17(13)22(23)24)28(25,26)21-10-4-5-14(12-21)19-20-16-6-2-3-7-18(16)27-19/h2-3,6-9,11,14H,4-5,10,12H2,1H3. The molecular weight excluding hydrogens is 398 g/mol. The normalized spacial score (nSPS) is 18.4. The molecule has 1 aliphatic heterocycles.